The molecule has 0 spiro atoms. The van der Waals surface area contributed by atoms with E-state index in [1.54, 1.807) is 0 Å². The summed E-state index contributed by atoms with van der Waals surface area (Å²) in [5, 5.41) is -2.39. The molecule has 0 fully saturated rings. The van der Waals surface area contributed by atoms with Gasteiger partial charge in [0.25, 0.3) is 0 Å². The van der Waals surface area contributed by atoms with E-state index in [1.165, 1.54) is 0 Å². The second-order valence-corrected chi connectivity index (χ2v) is 6.78. The van der Waals surface area contributed by atoms with E-state index in [2.05, 4.69) is 0 Å². The third kappa shape index (κ3) is 3.13. The lowest BCUT2D eigenvalue weighted by molar-refractivity contribution is 0.0968. The molecule has 0 aliphatic carbocycles. The molecule has 0 heterocycles. The maximum Gasteiger partial charge on any atom is 0.357 e. The first-order chi connectivity index (χ1) is 8.87. The lowest BCUT2D eigenvalue weighted by Crippen LogP contribution is -2.36. The zero-order chi connectivity index (χ0) is 15.9. The van der Waals surface area contributed by atoms with Gasteiger partial charge in [-0.1, -0.05) is 0 Å². The Kier molecular flexibility index (Phi) is 4.21. The van der Waals surface area contributed by atoms with E-state index < -0.39 is 48.7 Å². The summed E-state index contributed by atoms with van der Waals surface area (Å²) in [6.45, 7) is 0. The van der Waals surface area contributed by atoms with Gasteiger partial charge in [-0.2, -0.15) is 0 Å². The molecule has 0 bridgehead atoms. The van der Waals surface area contributed by atoms with Gasteiger partial charge in [-0.25, -0.2) is 0 Å². The molecule has 8 N–H and O–H groups in total. The number of rotatable bonds is 4. The standard InChI is InChI=1S/C8H10N2O8P2/c9-7(11)3-1-2-4(19(13,14)15)6(20(16,17)18)5(3)8(10)12/h1-2H,(H2,9,11)(H2,10,12)(H2,13,14,15)(H2,16,17,18). The van der Waals surface area contributed by atoms with Crippen LogP contribution in [-0.4, -0.2) is 31.4 Å². The van der Waals surface area contributed by atoms with Gasteiger partial charge in [0.15, 0.2) is 0 Å². The van der Waals surface area contributed by atoms with E-state index in [9.17, 15) is 28.5 Å². The lowest BCUT2D eigenvalue weighted by atomic mass is 10.1. The third-order valence-corrected chi connectivity index (χ3v) is 4.50. The smallest absolute Gasteiger partial charge is 0.357 e. The second kappa shape index (κ2) is 5.10. The van der Waals surface area contributed by atoms with Crippen LogP contribution < -0.4 is 22.1 Å². The van der Waals surface area contributed by atoms with E-state index in [-0.39, 0.29) is 0 Å². The molecule has 12 heteroatoms. The van der Waals surface area contributed by atoms with E-state index in [0.717, 1.165) is 6.07 Å². The molecular weight excluding hydrogens is 314 g/mol. The highest BCUT2D eigenvalue weighted by atomic mass is 31.2. The van der Waals surface area contributed by atoms with Gasteiger partial charge in [0.2, 0.25) is 11.8 Å². The van der Waals surface area contributed by atoms with Crippen LogP contribution in [0.1, 0.15) is 20.7 Å². The van der Waals surface area contributed by atoms with Crippen LogP contribution in [0.3, 0.4) is 0 Å². The fraction of sp³-hybridized carbons (Fsp3) is 0. The number of primary amides is 2. The Hall–Kier alpha value is -1.54. The van der Waals surface area contributed by atoms with E-state index in [1.807, 2.05) is 0 Å². The summed E-state index contributed by atoms with van der Waals surface area (Å²) in [7, 11) is -10.4. The molecule has 0 saturated heterocycles. The summed E-state index contributed by atoms with van der Waals surface area (Å²) in [6.07, 6.45) is 0. The first-order valence-electron chi connectivity index (χ1n) is 4.76. The molecule has 2 amide bonds. The normalized spacial score (nSPS) is 12.2. The molecule has 1 aromatic carbocycles. The summed E-state index contributed by atoms with van der Waals surface area (Å²) in [5.74, 6) is -2.68. The van der Waals surface area contributed by atoms with Gasteiger partial charge in [0.05, 0.1) is 21.7 Å². The van der Waals surface area contributed by atoms with Crippen LogP contribution in [0, 0.1) is 0 Å². The Labute approximate surface area is 111 Å². The molecule has 1 rings (SSSR count). The fourth-order valence-corrected chi connectivity index (χ4v) is 3.90. The van der Waals surface area contributed by atoms with Gasteiger partial charge in [0, 0.05) is 0 Å². The van der Waals surface area contributed by atoms with Crippen LogP contribution in [0.15, 0.2) is 12.1 Å². The van der Waals surface area contributed by atoms with Crippen molar-refractivity contribution in [3.63, 3.8) is 0 Å². The molecule has 110 valence electrons. The first-order valence-corrected chi connectivity index (χ1v) is 7.98. The van der Waals surface area contributed by atoms with Gasteiger partial charge in [0.1, 0.15) is 0 Å². The quantitative estimate of drug-likeness (QED) is 0.326. The van der Waals surface area contributed by atoms with Gasteiger partial charge in [-0.3, -0.25) is 18.7 Å². The Morgan fingerprint density at radius 3 is 1.70 bits per heavy atom. The lowest BCUT2D eigenvalue weighted by Gasteiger charge is -2.17. The largest absolute Gasteiger partial charge is 0.366 e. The number of benzene rings is 1. The van der Waals surface area contributed by atoms with Crippen molar-refractivity contribution in [2.75, 3.05) is 0 Å². The zero-order valence-corrected chi connectivity index (χ0v) is 11.4. The van der Waals surface area contributed by atoms with Crippen LogP contribution >= 0.6 is 15.2 Å². The Morgan fingerprint density at radius 1 is 0.900 bits per heavy atom. The molecular formula is C8H10N2O8P2. The molecule has 20 heavy (non-hydrogen) atoms. The molecule has 0 unspecified atom stereocenters. The highest BCUT2D eigenvalue weighted by molar-refractivity contribution is 7.67. The minimum Gasteiger partial charge on any atom is -0.366 e. The van der Waals surface area contributed by atoms with E-state index >= 15 is 0 Å². The van der Waals surface area contributed by atoms with Gasteiger partial charge >= 0.3 is 15.2 Å². The zero-order valence-electron chi connectivity index (χ0n) is 9.63. The molecule has 0 atom stereocenters. The average molecular weight is 324 g/mol. The molecule has 1 aromatic rings. The van der Waals surface area contributed by atoms with Crippen LogP contribution in [0.4, 0.5) is 0 Å². The van der Waals surface area contributed by atoms with Gasteiger partial charge < -0.3 is 31.0 Å². The highest BCUT2D eigenvalue weighted by Crippen LogP contribution is 2.41. The molecule has 0 aliphatic rings. The number of nitrogens with two attached hydrogens (primary N) is 2. The van der Waals surface area contributed by atoms with Crippen molar-refractivity contribution in [1.82, 2.24) is 0 Å². The topological polar surface area (TPSA) is 201 Å². The van der Waals surface area contributed by atoms with E-state index in [0.29, 0.717) is 6.07 Å². The van der Waals surface area contributed by atoms with Crippen molar-refractivity contribution >= 4 is 37.6 Å². The van der Waals surface area contributed by atoms with Crippen molar-refractivity contribution in [1.29, 1.82) is 0 Å². The van der Waals surface area contributed by atoms with Crippen LogP contribution in [0.2, 0.25) is 0 Å². The summed E-state index contributed by atoms with van der Waals surface area (Å²) < 4.78 is 22.6. The van der Waals surface area contributed by atoms with Crippen molar-refractivity contribution in [3.8, 4) is 0 Å². The monoisotopic (exact) mass is 324 g/mol. The van der Waals surface area contributed by atoms with Crippen LogP contribution in [0.5, 0.6) is 0 Å². The predicted molar refractivity (Wildman–Crippen MR) is 66.8 cm³/mol. The fourth-order valence-electron chi connectivity index (χ4n) is 1.56. The van der Waals surface area contributed by atoms with E-state index in [4.69, 9.17) is 21.3 Å². The second-order valence-electron chi connectivity index (χ2n) is 3.67. The highest BCUT2D eigenvalue weighted by Gasteiger charge is 2.37. The van der Waals surface area contributed by atoms with Crippen molar-refractivity contribution < 1.29 is 38.3 Å². The Morgan fingerprint density at radius 2 is 1.40 bits per heavy atom. The minimum absolute atomic E-state index is 0.613. The number of hydrogen-bond acceptors (Lipinski definition) is 4. The van der Waals surface area contributed by atoms with Gasteiger partial charge in [-0.05, 0) is 12.1 Å². The number of carbonyl (C=O) groups excluding carboxylic acids is 2. The number of hydrogen-bond donors (Lipinski definition) is 6. The molecule has 0 radical (unpaired) electrons. The predicted octanol–water partition coefficient (Wildman–Crippen LogP) is -2.51. The summed E-state index contributed by atoms with van der Waals surface area (Å²) in [4.78, 5) is 58.9. The van der Waals surface area contributed by atoms with Crippen molar-refractivity contribution in [2.24, 2.45) is 11.5 Å². The number of amides is 2. The summed E-state index contributed by atoms with van der Waals surface area (Å²) in [5.41, 5.74) is 8.20. The average Bonchev–Trinajstić information content (AvgIpc) is 2.24. The molecule has 0 aliphatic heterocycles. The van der Waals surface area contributed by atoms with Crippen LogP contribution in [-0.2, 0) is 9.13 Å². The first kappa shape index (κ1) is 16.5. The maximum absolute atomic E-state index is 11.4. The molecule has 10 nitrogen and oxygen atoms in total. The number of carbonyl (C=O) groups is 2. The maximum atomic E-state index is 11.4. The Bertz CT molecular complexity index is 688. The van der Waals surface area contributed by atoms with Crippen molar-refractivity contribution in [2.45, 2.75) is 0 Å². The Balaban J connectivity index is 4.02. The molecule has 0 aromatic heterocycles. The third-order valence-electron chi connectivity index (χ3n) is 2.27. The van der Waals surface area contributed by atoms with Crippen LogP contribution in [0.25, 0.3) is 0 Å². The minimum atomic E-state index is -5.31. The summed E-state index contributed by atoms with van der Waals surface area (Å²) in [6, 6.07) is 1.37. The molecule has 0 saturated carbocycles. The summed E-state index contributed by atoms with van der Waals surface area (Å²) >= 11 is 0. The van der Waals surface area contributed by atoms with Gasteiger partial charge in [-0.15, -0.1) is 0 Å². The SMILES string of the molecule is NC(=O)c1ccc(P(=O)(O)O)c(P(=O)(O)O)c1C(N)=O. The van der Waals surface area contributed by atoms with Crippen molar-refractivity contribution in [3.05, 3.63) is 23.3 Å².